The van der Waals surface area contributed by atoms with Gasteiger partial charge in [-0.3, -0.25) is 4.79 Å². The molecular weight excluding hydrogens is 276 g/mol. The van der Waals surface area contributed by atoms with Gasteiger partial charge in [0.15, 0.2) is 0 Å². The molecule has 1 aliphatic rings. The minimum atomic E-state index is -1.04. The Morgan fingerprint density at radius 2 is 1.80 bits per heavy atom. The SMILES string of the molecule is CC1(C)CN(C(=O)NC(C)(C)C(C)(C)C(=O)O)CCS1. The van der Waals surface area contributed by atoms with Gasteiger partial charge in [0.05, 0.1) is 11.0 Å². The fourth-order valence-electron chi connectivity index (χ4n) is 1.96. The summed E-state index contributed by atoms with van der Waals surface area (Å²) in [6, 6.07) is -0.183. The lowest BCUT2D eigenvalue weighted by Crippen LogP contribution is -2.61. The average Bonchev–Trinajstić information content (AvgIpc) is 2.26. The second-order valence-corrected chi connectivity index (χ2v) is 8.82. The molecule has 1 heterocycles. The molecule has 0 aromatic heterocycles. The van der Waals surface area contributed by atoms with E-state index in [2.05, 4.69) is 19.2 Å². The number of amides is 2. The van der Waals surface area contributed by atoms with Crippen LogP contribution in [0.1, 0.15) is 41.5 Å². The first-order valence-corrected chi connectivity index (χ1v) is 7.82. The van der Waals surface area contributed by atoms with E-state index in [0.29, 0.717) is 13.1 Å². The largest absolute Gasteiger partial charge is 0.481 e. The molecule has 2 amide bonds. The molecule has 0 aliphatic carbocycles. The van der Waals surface area contributed by atoms with Crippen molar-refractivity contribution in [3.8, 4) is 0 Å². The predicted molar refractivity (Wildman–Crippen MR) is 82.1 cm³/mol. The molecule has 0 bridgehead atoms. The molecule has 1 aliphatic heterocycles. The molecule has 5 nitrogen and oxygen atoms in total. The minimum Gasteiger partial charge on any atom is -0.481 e. The lowest BCUT2D eigenvalue weighted by Gasteiger charge is -2.43. The van der Waals surface area contributed by atoms with E-state index in [0.717, 1.165) is 5.75 Å². The Morgan fingerprint density at radius 1 is 1.25 bits per heavy atom. The third kappa shape index (κ3) is 3.59. The maximum absolute atomic E-state index is 12.4. The zero-order valence-corrected chi connectivity index (χ0v) is 14.1. The molecule has 0 aromatic carbocycles. The topological polar surface area (TPSA) is 69.6 Å². The summed E-state index contributed by atoms with van der Waals surface area (Å²) in [4.78, 5) is 25.5. The highest BCUT2D eigenvalue weighted by atomic mass is 32.2. The third-order valence-electron chi connectivity index (χ3n) is 4.23. The van der Waals surface area contributed by atoms with Gasteiger partial charge in [-0.05, 0) is 41.5 Å². The number of thioether (sulfide) groups is 1. The molecule has 20 heavy (non-hydrogen) atoms. The van der Waals surface area contributed by atoms with Crippen LogP contribution in [0.2, 0.25) is 0 Å². The van der Waals surface area contributed by atoms with Crippen LogP contribution in [0, 0.1) is 5.41 Å². The van der Waals surface area contributed by atoms with Crippen molar-refractivity contribution in [1.29, 1.82) is 0 Å². The summed E-state index contributed by atoms with van der Waals surface area (Å²) in [6.45, 7) is 12.4. The van der Waals surface area contributed by atoms with Gasteiger partial charge in [-0.1, -0.05) is 0 Å². The van der Waals surface area contributed by atoms with E-state index in [4.69, 9.17) is 0 Å². The second-order valence-electron chi connectivity index (χ2n) is 7.02. The Hall–Kier alpha value is -0.910. The molecule has 0 aromatic rings. The fourth-order valence-corrected chi connectivity index (χ4v) is 3.07. The monoisotopic (exact) mass is 302 g/mol. The van der Waals surface area contributed by atoms with Gasteiger partial charge in [-0.15, -0.1) is 0 Å². The van der Waals surface area contributed by atoms with Gasteiger partial charge in [0.2, 0.25) is 0 Å². The first kappa shape index (κ1) is 17.1. The van der Waals surface area contributed by atoms with Gasteiger partial charge >= 0.3 is 12.0 Å². The van der Waals surface area contributed by atoms with Gasteiger partial charge in [0.1, 0.15) is 0 Å². The molecule has 1 rings (SSSR count). The summed E-state index contributed by atoms with van der Waals surface area (Å²) in [5.41, 5.74) is -1.87. The average molecular weight is 302 g/mol. The molecule has 116 valence electrons. The summed E-state index contributed by atoms with van der Waals surface area (Å²) in [5.74, 6) is -0.0132. The van der Waals surface area contributed by atoms with Crippen molar-refractivity contribution in [1.82, 2.24) is 10.2 Å². The summed E-state index contributed by atoms with van der Waals surface area (Å²) in [5, 5.41) is 12.2. The Balaban J connectivity index is 2.77. The van der Waals surface area contributed by atoms with Gasteiger partial charge in [-0.25, -0.2) is 4.79 Å². The predicted octanol–water partition coefficient (Wildman–Crippen LogP) is 2.41. The van der Waals surface area contributed by atoms with Crippen LogP contribution in [0.25, 0.3) is 0 Å². The minimum absolute atomic E-state index is 0.0437. The lowest BCUT2D eigenvalue weighted by molar-refractivity contribution is -0.150. The van der Waals surface area contributed by atoms with Crippen molar-refractivity contribution in [2.24, 2.45) is 5.41 Å². The van der Waals surface area contributed by atoms with Crippen LogP contribution in [-0.2, 0) is 4.79 Å². The van der Waals surface area contributed by atoms with Gasteiger partial charge in [-0.2, -0.15) is 11.8 Å². The molecule has 0 saturated carbocycles. The molecule has 0 atom stereocenters. The van der Waals surface area contributed by atoms with Crippen LogP contribution in [0.3, 0.4) is 0 Å². The molecule has 0 radical (unpaired) electrons. The van der Waals surface area contributed by atoms with E-state index in [-0.39, 0.29) is 10.8 Å². The van der Waals surface area contributed by atoms with Gasteiger partial charge in [0.25, 0.3) is 0 Å². The molecule has 6 heteroatoms. The first-order chi connectivity index (χ1) is 8.89. The smallest absolute Gasteiger partial charge is 0.317 e. The van der Waals surface area contributed by atoms with Crippen LogP contribution < -0.4 is 5.32 Å². The normalized spacial score (nSPS) is 19.6. The van der Waals surface area contributed by atoms with Crippen molar-refractivity contribution in [2.75, 3.05) is 18.8 Å². The van der Waals surface area contributed by atoms with E-state index in [1.54, 1.807) is 32.6 Å². The number of hydrogen-bond donors (Lipinski definition) is 2. The van der Waals surface area contributed by atoms with E-state index >= 15 is 0 Å². The van der Waals surface area contributed by atoms with Crippen molar-refractivity contribution in [3.05, 3.63) is 0 Å². The fraction of sp³-hybridized carbons (Fsp3) is 0.857. The van der Waals surface area contributed by atoms with Crippen molar-refractivity contribution in [3.63, 3.8) is 0 Å². The summed E-state index contributed by atoms with van der Waals surface area (Å²) in [6.07, 6.45) is 0. The number of nitrogens with one attached hydrogen (secondary N) is 1. The second kappa shape index (κ2) is 5.47. The van der Waals surface area contributed by atoms with Crippen LogP contribution in [0.15, 0.2) is 0 Å². The molecule has 1 saturated heterocycles. The maximum atomic E-state index is 12.4. The Kier molecular flexibility index (Phi) is 4.69. The highest BCUT2D eigenvalue weighted by molar-refractivity contribution is 8.00. The molecule has 0 unspecified atom stereocenters. The maximum Gasteiger partial charge on any atom is 0.317 e. The quantitative estimate of drug-likeness (QED) is 0.840. The summed E-state index contributed by atoms with van der Waals surface area (Å²) >= 11 is 1.85. The van der Waals surface area contributed by atoms with Crippen molar-refractivity contribution in [2.45, 2.75) is 51.8 Å². The number of aliphatic carboxylic acids is 1. The first-order valence-electron chi connectivity index (χ1n) is 6.83. The summed E-state index contributed by atoms with van der Waals surface area (Å²) < 4.78 is 0.0437. The van der Waals surface area contributed by atoms with E-state index in [9.17, 15) is 14.7 Å². The number of carboxylic acid groups (broad SMARTS) is 1. The van der Waals surface area contributed by atoms with Gasteiger partial charge < -0.3 is 15.3 Å². The van der Waals surface area contributed by atoms with Crippen LogP contribution in [0.4, 0.5) is 4.79 Å². The molecule has 2 N–H and O–H groups in total. The van der Waals surface area contributed by atoms with Crippen LogP contribution in [-0.4, -0.2) is 51.1 Å². The number of nitrogens with zero attached hydrogens (tertiary/aromatic N) is 1. The Morgan fingerprint density at radius 3 is 2.25 bits per heavy atom. The van der Waals surface area contributed by atoms with Crippen molar-refractivity contribution < 1.29 is 14.7 Å². The summed E-state index contributed by atoms with van der Waals surface area (Å²) in [7, 11) is 0. The highest BCUT2D eigenvalue weighted by Gasteiger charge is 2.45. The number of rotatable bonds is 3. The number of hydrogen-bond acceptors (Lipinski definition) is 3. The van der Waals surface area contributed by atoms with E-state index in [1.165, 1.54) is 0 Å². The van der Waals surface area contributed by atoms with Crippen LogP contribution >= 0.6 is 11.8 Å². The third-order valence-corrected chi connectivity index (χ3v) is 5.53. The zero-order valence-electron chi connectivity index (χ0n) is 13.2. The number of carboxylic acids is 1. The Bertz CT molecular complexity index is 405. The van der Waals surface area contributed by atoms with Crippen LogP contribution in [0.5, 0.6) is 0 Å². The standard InChI is InChI=1S/C14H26N2O3S/c1-12(2)9-16(7-8-20-12)11(19)15-14(5,6)13(3,4)10(17)18/h7-9H2,1-6H3,(H,15,19)(H,17,18). The Labute approximate surface area is 125 Å². The molecule has 1 fully saturated rings. The lowest BCUT2D eigenvalue weighted by atomic mass is 9.74. The number of carbonyl (C=O) groups is 2. The number of carbonyl (C=O) groups excluding carboxylic acids is 1. The molecular formula is C14H26N2O3S. The van der Waals surface area contributed by atoms with E-state index < -0.39 is 16.9 Å². The molecule has 0 spiro atoms. The van der Waals surface area contributed by atoms with Crippen molar-refractivity contribution >= 4 is 23.8 Å². The highest BCUT2D eigenvalue weighted by Crippen LogP contribution is 2.32. The number of urea groups is 1. The zero-order chi connectivity index (χ0) is 15.8. The van der Waals surface area contributed by atoms with Gasteiger partial charge in [0, 0.05) is 23.6 Å². The van der Waals surface area contributed by atoms with E-state index in [1.807, 2.05) is 11.8 Å².